The van der Waals surface area contributed by atoms with Crippen LogP contribution in [0.5, 0.6) is 11.8 Å². The van der Waals surface area contributed by atoms with Gasteiger partial charge in [-0.2, -0.15) is 15.0 Å². The first-order chi connectivity index (χ1) is 9.58. The number of anilines is 1. The molecule has 0 saturated heterocycles. The lowest BCUT2D eigenvalue weighted by Crippen LogP contribution is -2.06. The average molecular weight is 293 g/mol. The second-order valence-corrected chi connectivity index (χ2v) is 4.82. The Kier molecular flexibility index (Phi) is 4.74. The summed E-state index contributed by atoms with van der Waals surface area (Å²) in [6.45, 7) is 6.90. The average Bonchev–Trinajstić information content (AvgIpc) is 2.40. The Morgan fingerprint density at radius 1 is 1.15 bits per heavy atom. The second-order valence-electron chi connectivity index (χ2n) is 4.49. The molecule has 20 heavy (non-hydrogen) atoms. The normalized spacial score (nSPS) is 10.4. The Balaban J connectivity index is 2.19. The molecule has 1 aromatic heterocycles. The summed E-state index contributed by atoms with van der Waals surface area (Å²) in [5, 5.41) is 3.16. The van der Waals surface area contributed by atoms with Crippen LogP contribution in [0.4, 0.5) is 5.95 Å². The fourth-order valence-electron chi connectivity index (χ4n) is 1.58. The first-order valence-electron chi connectivity index (χ1n) is 6.49. The highest BCUT2D eigenvalue weighted by Crippen LogP contribution is 2.22. The SMILES string of the molecule is CCCNc1nc(Cl)nc(Oc2ccc(C)c(C)c2)n1. The van der Waals surface area contributed by atoms with Crippen LogP contribution < -0.4 is 10.1 Å². The van der Waals surface area contributed by atoms with Gasteiger partial charge in [-0.1, -0.05) is 13.0 Å². The molecule has 0 unspecified atom stereocenters. The van der Waals surface area contributed by atoms with Crippen molar-refractivity contribution in [3.05, 3.63) is 34.6 Å². The fourth-order valence-corrected chi connectivity index (χ4v) is 1.73. The van der Waals surface area contributed by atoms with Gasteiger partial charge in [0.1, 0.15) is 5.75 Å². The summed E-state index contributed by atoms with van der Waals surface area (Å²) in [7, 11) is 0. The van der Waals surface area contributed by atoms with E-state index in [0.717, 1.165) is 18.5 Å². The van der Waals surface area contributed by atoms with E-state index in [0.29, 0.717) is 11.7 Å². The highest BCUT2D eigenvalue weighted by Gasteiger charge is 2.07. The smallest absolute Gasteiger partial charge is 0.328 e. The van der Waals surface area contributed by atoms with E-state index in [4.69, 9.17) is 16.3 Å². The highest BCUT2D eigenvalue weighted by molar-refractivity contribution is 6.28. The number of hydrogen-bond acceptors (Lipinski definition) is 5. The van der Waals surface area contributed by atoms with Crippen LogP contribution >= 0.6 is 11.6 Å². The summed E-state index contributed by atoms with van der Waals surface area (Å²) < 4.78 is 5.63. The van der Waals surface area contributed by atoms with Gasteiger partial charge in [-0.25, -0.2) is 0 Å². The maximum Gasteiger partial charge on any atom is 0.328 e. The van der Waals surface area contributed by atoms with Gasteiger partial charge in [-0.05, 0) is 55.1 Å². The van der Waals surface area contributed by atoms with Gasteiger partial charge in [0.2, 0.25) is 11.2 Å². The highest BCUT2D eigenvalue weighted by atomic mass is 35.5. The van der Waals surface area contributed by atoms with Gasteiger partial charge in [-0.15, -0.1) is 0 Å². The fraction of sp³-hybridized carbons (Fsp3) is 0.357. The summed E-state index contributed by atoms with van der Waals surface area (Å²) in [6.07, 6.45) is 0.969. The Hall–Kier alpha value is -1.88. The van der Waals surface area contributed by atoms with E-state index >= 15 is 0 Å². The van der Waals surface area contributed by atoms with Crippen LogP contribution in [0.2, 0.25) is 5.28 Å². The molecule has 2 rings (SSSR count). The van der Waals surface area contributed by atoms with E-state index in [1.165, 1.54) is 5.56 Å². The summed E-state index contributed by atoms with van der Waals surface area (Å²) in [5.74, 6) is 1.10. The summed E-state index contributed by atoms with van der Waals surface area (Å²) in [6, 6.07) is 5.99. The van der Waals surface area contributed by atoms with Crippen LogP contribution in [0.1, 0.15) is 24.5 Å². The summed E-state index contributed by atoms with van der Waals surface area (Å²) in [4.78, 5) is 12.1. The van der Waals surface area contributed by atoms with Crippen molar-refractivity contribution in [3.63, 3.8) is 0 Å². The predicted molar refractivity (Wildman–Crippen MR) is 79.6 cm³/mol. The predicted octanol–water partition coefficient (Wildman–Crippen LogP) is 3.76. The Labute approximate surface area is 123 Å². The third-order valence-electron chi connectivity index (χ3n) is 2.81. The van der Waals surface area contributed by atoms with E-state index in [1.807, 2.05) is 32.0 Å². The zero-order chi connectivity index (χ0) is 14.5. The maximum absolute atomic E-state index is 5.87. The zero-order valence-electron chi connectivity index (χ0n) is 11.8. The molecule has 1 aromatic carbocycles. The van der Waals surface area contributed by atoms with Crippen molar-refractivity contribution in [2.24, 2.45) is 0 Å². The molecule has 0 aliphatic rings. The number of aromatic nitrogens is 3. The minimum absolute atomic E-state index is 0.109. The molecule has 0 amide bonds. The molecular weight excluding hydrogens is 276 g/mol. The van der Waals surface area contributed by atoms with Crippen molar-refractivity contribution in [1.29, 1.82) is 0 Å². The Morgan fingerprint density at radius 3 is 2.65 bits per heavy atom. The van der Waals surface area contributed by atoms with Gasteiger partial charge in [0.25, 0.3) is 0 Å². The van der Waals surface area contributed by atoms with E-state index < -0.39 is 0 Å². The maximum atomic E-state index is 5.87. The molecule has 0 aliphatic heterocycles. The topological polar surface area (TPSA) is 59.9 Å². The number of hydrogen-bond donors (Lipinski definition) is 1. The van der Waals surface area contributed by atoms with Crippen LogP contribution in [0.3, 0.4) is 0 Å². The molecule has 1 N–H and O–H groups in total. The van der Waals surface area contributed by atoms with E-state index in [2.05, 4.69) is 27.2 Å². The standard InChI is InChI=1S/C14H17ClN4O/c1-4-7-16-13-17-12(15)18-14(19-13)20-11-6-5-9(2)10(3)8-11/h5-6,8H,4,7H2,1-3H3,(H,16,17,18,19). The lowest BCUT2D eigenvalue weighted by Gasteiger charge is -2.08. The number of nitrogens with one attached hydrogen (secondary N) is 1. The summed E-state index contributed by atoms with van der Waals surface area (Å²) in [5.41, 5.74) is 2.35. The Bertz CT molecular complexity index is 604. The number of rotatable bonds is 5. The van der Waals surface area contributed by atoms with E-state index in [9.17, 15) is 0 Å². The number of nitrogens with zero attached hydrogens (tertiary/aromatic N) is 3. The van der Waals surface area contributed by atoms with Gasteiger partial charge in [0, 0.05) is 6.54 Å². The van der Waals surface area contributed by atoms with Crippen molar-refractivity contribution in [2.45, 2.75) is 27.2 Å². The van der Waals surface area contributed by atoms with Gasteiger partial charge in [-0.3, -0.25) is 0 Å². The molecule has 5 nitrogen and oxygen atoms in total. The number of halogens is 1. The van der Waals surface area contributed by atoms with Crippen molar-refractivity contribution in [3.8, 4) is 11.8 Å². The monoisotopic (exact) mass is 292 g/mol. The lowest BCUT2D eigenvalue weighted by molar-refractivity contribution is 0.440. The first-order valence-corrected chi connectivity index (χ1v) is 6.87. The molecule has 0 fully saturated rings. The molecule has 0 bridgehead atoms. The zero-order valence-corrected chi connectivity index (χ0v) is 12.5. The van der Waals surface area contributed by atoms with Crippen LogP contribution in [0.25, 0.3) is 0 Å². The van der Waals surface area contributed by atoms with Crippen molar-refractivity contribution in [2.75, 3.05) is 11.9 Å². The van der Waals surface area contributed by atoms with Crippen molar-refractivity contribution < 1.29 is 4.74 Å². The molecule has 0 aliphatic carbocycles. The van der Waals surface area contributed by atoms with E-state index in [-0.39, 0.29) is 11.3 Å². The molecule has 1 heterocycles. The molecule has 0 spiro atoms. The molecular formula is C14H17ClN4O. The van der Waals surface area contributed by atoms with Gasteiger partial charge < -0.3 is 10.1 Å². The largest absolute Gasteiger partial charge is 0.424 e. The number of benzene rings is 1. The van der Waals surface area contributed by atoms with Gasteiger partial charge in [0.05, 0.1) is 0 Å². The lowest BCUT2D eigenvalue weighted by atomic mass is 10.1. The van der Waals surface area contributed by atoms with Crippen LogP contribution in [-0.2, 0) is 0 Å². The molecule has 0 radical (unpaired) electrons. The van der Waals surface area contributed by atoms with Crippen LogP contribution in [-0.4, -0.2) is 21.5 Å². The minimum atomic E-state index is 0.109. The van der Waals surface area contributed by atoms with Crippen LogP contribution in [0.15, 0.2) is 18.2 Å². The number of ether oxygens (including phenoxy) is 1. The third-order valence-corrected chi connectivity index (χ3v) is 2.98. The first kappa shape index (κ1) is 14.5. The van der Waals surface area contributed by atoms with Crippen molar-refractivity contribution in [1.82, 2.24) is 15.0 Å². The second kappa shape index (κ2) is 6.52. The molecule has 0 atom stereocenters. The molecule has 6 heteroatoms. The van der Waals surface area contributed by atoms with Crippen molar-refractivity contribution >= 4 is 17.5 Å². The van der Waals surface area contributed by atoms with Gasteiger partial charge >= 0.3 is 6.01 Å². The molecule has 106 valence electrons. The molecule has 0 saturated carbocycles. The quantitative estimate of drug-likeness (QED) is 0.909. The van der Waals surface area contributed by atoms with Gasteiger partial charge in [0.15, 0.2) is 0 Å². The van der Waals surface area contributed by atoms with E-state index in [1.54, 1.807) is 0 Å². The molecule has 2 aromatic rings. The minimum Gasteiger partial charge on any atom is -0.424 e. The summed E-state index contributed by atoms with van der Waals surface area (Å²) >= 11 is 5.87. The van der Waals surface area contributed by atoms with Crippen LogP contribution in [0, 0.1) is 13.8 Å². The Morgan fingerprint density at radius 2 is 1.95 bits per heavy atom. The third kappa shape index (κ3) is 3.81. The number of aryl methyl sites for hydroxylation is 2.